The van der Waals surface area contributed by atoms with Crippen LogP contribution in [0.25, 0.3) is 0 Å². The maximum Gasteiger partial charge on any atom is 0.101 e. The number of rotatable bonds is 6. The van der Waals surface area contributed by atoms with E-state index in [4.69, 9.17) is 0 Å². The monoisotopic (exact) mass is 139 g/mol. The highest BCUT2D eigenvalue weighted by Gasteiger charge is 1.90. The highest BCUT2D eigenvalue weighted by atomic mass is 14.8. The van der Waals surface area contributed by atoms with Crippen molar-refractivity contribution in [1.29, 1.82) is 0 Å². The third-order valence-electron chi connectivity index (χ3n) is 1.56. The molecule has 1 nitrogen and oxygen atoms in total. The molecule has 0 unspecified atom stereocenters. The lowest BCUT2D eigenvalue weighted by Gasteiger charge is -2.02. The van der Waals surface area contributed by atoms with Crippen molar-refractivity contribution in [3.8, 4) is 0 Å². The largest absolute Gasteiger partial charge is 0.316 e. The molecule has 0 aliphatic rings. The van der Waals surface area contributed by atoms with Gasteiger partial charge in [-0.05, 0) is 13.5 Å². The highest BCUT2D eigenvalue weighted by molar-refractivity contribution is 6.08. The predicted molar refractivity (Wildman–Crippen MR) is 50.3 cm³/mol. The van der Waals surface area contributed by atoms with Gasteiger partial charge in [-0.25, -0.2) is 0 Å². The van der Waals surface area contributed by atoms with Crippen LogP contribution in [0, 0.1) is 0 Å². The number of unbranched alkanes of at least 4 members (excludes halogenated alkanes) is 1. The first-order valence-corrected chi connectivity index (χ1v) is 4.12. The van der Waals surface area contributed by atoms with E-state index in [0.29, 0.717) is 0 Å². The van der Waals surface area contributed by atoms with Crippen LogP contribution >= 0.6 is 0 Å². The second-order valence-electron chi connectivity index (χ2n) is 2.74. The van der Waals surface area contributed by atoms with E-state index >= 15 is 0 Å². The highest BCUT2D eigenvalue weighted by Crippen LogP contribution is 2.04. The van der Waals surface area contributed by atoms with Crippen LogP contribution in [0.3, 0.4) is 0 Å². The van der Waals surface area contributed by atoms with Crippen LogP contribution in [-0.2, 0) is 0 Å². The van der Waals surface area contributed by atoms with E-state index in [1.165, 1.54) is 31.2 Å². The Hall–Kier alpha value is -0.235. The topological polar surface area (TPSA) is 12.0 Å². The molecule has 0 rings (SSSR count). The normalized spacial score (nSPS) is 9.70. The van der Waals surface area contributed by atoms with Crippen LogP contribution in [0.15, 0.2) is 12.2 Å². The van der Waals surface area contributed by atoms with Crippen LogP contribution in [0.4, 0.5) is 0 Å². The second kappa shape index (κ2) is 6.88. The molecule has 10 heavy (non-hydrogen) atoms. The van der Waals surface area contributed by atoms with Crippen molar-refractivity contribution in [2.45, 2.75) is 25.6 Å². The fourth-order valence-electron chi connectivity index (χ4n) is 0.963. The van der Waals surface area contributed by atoms with Gasteiger partial charge in [-0.15, -0.1) is 0 Å². The third kappa shape index (κ3) is 5.89. The number of likely N-dealkylation sites (N-methyl/N-ethyl adjacent to an activating group) is 1. The SMILES string of the molecule is BCCCCC(=C)CNC. The van der Waals surface area contributed by atoms with Gasteiger partial charge in [0.25, 0.3) is 0 Å². The number of hydrogen-bond donors (Lipinski definition) is 1. The molecular weight excluding hydrogens is 121 g/mol. The Labute approximate surface area is 65.3 Å². The van der Waals surface area contributed by atoms with E-state index in [1.54, 1.807) is 0 Å². The summed E-state index contributed by atoms with van der Waals surface area (Å²) < 4.78 is 0. The van der Waals surface area contributed by atoms with Crippen LogP contribution in [0.2, 0.25) is 6.32 Å². The molecule has 0 aliphatic carbocycles. The number of nitrogens with one attached hydrogen (secondary N) is 1. The van der Waals surface area contributed by atoms with Crippen LogP contribution in [0.1, 0.15) is 19.3 Å². The summed E-state index contributed by atoms with van der Waals surface area (Å²) in [5.41, 5.74) is 1.33. The van der Waals surface area contributed by atoms with Crippen molar-refractivity contribution in [2.75, 3.05) is 13.6 Å². The predicted octanol–water partition coefficient (Wildman–Crippen LogP) is 0.984. The molecule has 0 spiro atoms. The second-order valence-corrected chi connectivity index (χ2v) is 2.74. The molecule has 2 heteroatoms. The number of hydrogen-bond acceptors (Lipinski definition) is 1. The van der Waals surface area contributed by atoms with Crippen molar-refractivity contribution < 1.29 is 0 Å². The van der Waals surface area contributed by atoms with Crippen molar-refractivity contribution in [3.63, 3.8) is 0 Å². The summed E-state index contributed by atoms with van der Waals surface area (Å²) in [5, 5.41) is 3.09. The summed E-state index contributed by atoms with van der Waals surface area (Å²) in [6, 6.07) is 0. The van der Waals surface area contributed by atoms with Gasteiger partial charge in [-0.1, -0.05) is 31.3 Å². The van der Waals surface area contributed by atoms with Crippen molar-refractivity contribution in [2.24, 2.45) is 0 Å². The zero-order valence-electron chi connectivity index (χ0n) is 7.24. The first-order chi connectivity index (χ1) is 4.81. The molecule has 0 aromatic carbocycles. The van der Waals surface area contributed by atoms with Crippen molar-refractivity contribution in [3.05, 3.63) is 12.2 Å². The molecule has 0 fully saturated rings. The van der Waals surface area contributed by atoms with Crippen LogP contribution in [0.5, 0.6) is 0 Å². The Kier molecular flexibility index (Phi) is 6.72. The van der Waals surface area contributed by atoms with Crippen molar-refractivity contribution in [1.82, 2.24) is 5.32 Å². The lowest BCUT2D eigenvalue weighted by Crippen LogP contribution is -2.09. The summed E-state index contributed by atoms with van der Waals surface area (Å²) in [4.78, 5) is 0. The zero-order valence-corrected chi connectivity index (χ0v) is 7.24. The molecule has 0 saturated carbocycles. The Morgan fingerprint density at radius 2 is 2.20 bits per heavy atom. The molecule has 0 aliphatic heterocycles. The molecular formula is C8H18BN. The van der Waals surface area contributed by atoms with Crippen molar-refractivity contribution >= 4 is 7.85 Å². The van der Waals surface area contributed by atoms with Gasteiger partial charge in [-0.2, -0.15) is 0 Å². The molecule has 0 heterocycles. The Morgan fingerprint density at radius 1 is 1.50 bits per heavy atom. The summed E-state index contributed by atoms with van der Waals surface area (Å²) >= 11 is 0. The zero-order chi connectivity index (χ0) is 7.82. The molecule has 0 aromatic heterocycles. The minimum Gasteiger partial charge on any atom is -0.316 e. The maximum atomic E-state index is 3.95. The fourth-order valence-corrected chi connectivity index (χ4v) is 0.963. The standard InChI is InChI=1S/C8H18BN/c1-8(7-10-2)5-3-4-6-9/h10H,1,3-7,9H2,2H3. The summed E-state index contributed by atoms with van der Waals surface area (Å²) in [6.07, 6.45) is 5.13. The van der Waals surface area contributed by atoms with Gasteiger partial charge in [0, 0.05) is 6.54 Å². The van der Waals surface area contributed by atoms with Gasteiger partial charge < -0.3 is 5.32 Å². The molecule has 0 saturated heterocycles. The molecule has 0 radical (unpaired) electrons. The van der Waals surface area contributed by atoms with Gasteiger partial charge in [0.1, 0.15) is 7.85 Å². The minimum atomic E-state index is 0.976. The van der Waals surface area contributed by atoms with E-state index in [1.807, 2.05) is 7.05 Å². The Morgan fingerprint density at radius 3 is 2.70 bits per heavy atom. The van der Waals surface area contributed by atoms with E-state index in [0.717, 1.165) is 6.54 Å². The maximum absolute atomic E-state index is 3.95. The Balaban J connectivity index is 3.05. The van der Waals surface area contributed by atoms with Gasteiger partial charge in [0.15, 0.2) is 0 Å². The first kappa shape index (κ1) is 9.76. The van der Waals surface area contributed by atoms with Gasteiger partial charge >= 0.3 is 0 Å². The molecule has 1 N–H and O–H groups in total. The lowest BCUT2D eigenvalue weighted by atomic mass is 9.98. The molecule has 0 amide bonds. The van der Waals surface area contributed by atoms with E-state index in [2.05, 4.69) is 19.7 Å². The van der Waals surface area contributed by atoms with Gasteiger partial charge in [-0.3, -0.25) is 0 Å². The quantitative estimate of drug-likeness (QED) is 0.328. The molecule has 0 aromatic rings. The summed E-state index contributed by atoms with van der Waals surface area (Å²) in [6.45, 7) is 4.93. The van der Waals surface area contributed by atoms with Crippen LogP contribution < -0.4 is 5.32 Å². The van der Waals surface area contributed by atoms with Gasteiger partial charge in [0.05, 0.1) is 0 Å². The van der Waals surface area contributed by atoms with Gasteiger partial charge in [0.2, 0.25) is 0 Å². The Bertz CT molecular complexity index is 91.3. The van der Waals surface area contributed by atoms with E-state index < -0.39 is 0 Å². The average molecular weight is 139 g/mol. The molecule has 0 bridgehead atoms. The summed E-state index contributed by atoms with van der Waals surface area (Å²) in [7, 11) is 4.19. The third-order valence-corrected chi connectivity index (χ3v) is 1.56. The minimum absolute atomic E-state index is 0.976. The fraction of sp³-hybridized carbons (Fsp3) is 0.750. The summed E-state index contributed by atoms with van der Waals surface area (Å²) in [5.74, 6) is 0. The van der Waals surface area contributed by atoms with E-state index in [9.17, 15) is 0 Å². The molecule has 0 atom stereocenters. The van der Waals surface area contributed by atoms with E-state index in [-0.39, 0.29) is 0 Å². The van der Waals surface area contributed by atoms with Crippen LogP contribution in [-0.4, -0.2) is 21.4 Å². The average Bonchev–Trinajstić information content (AvgIpc) is 1.89. The molecule has 58 valence electrons. The lowest BCUT2D eigenvalue weighted by molar-refractivity contribution is 0.747. The smallest absolute Gasteiger partial charge is 0.101 e. The first-order valence-electron chi connectivity index (χ1n) is 4.12.